The summed E-state index contributed by atoms with van der Waals surface area (Å²) in [6.07, 6.45) is -2.57. The van der Waals surface area contributed by atoms with Gasteiger partial charge in [-0.25, -0.2) is 9.37 Å². The third-order valence-electron chi connectivity index (χ3n) is 3.76. The van der Waals surface area contributed by atoms with E-state index in [0.29, 0.717) is 22.5 Å². The van der Waals surface area contributed by atoms with E-state index in [2.05, 4.69) is 19.7 Å². The maximum atomic E-state index is 13.3. The molecule has 3 aromatic rings. The first-order valence-corrected chi connectivity index (χ1v) is 9.68. The molecule has 0 spiro atoms. The second-order valence-corrected chi connectivity index (χ2v) is 7.57. The van der Waals surface area contributed by atoms with Crippen molar-refractivity contribution in [3.63, 3.8) is 0 Å². The summed E-state index contributed by atoms with van der Waals surface area (Å²) in [6, 6.07) is 5.45. The highest BCUT2D eigenvalue weighted by atomic mass is 35.5. The Hall–Kier alpha value is -2.33. The molecule has 0 aliphatic carbocycles. The summed E-state index contributed by atoms with van der Waals surface area (Å²) in [5, 5.41) is 0.140. The fraction of sp³-hybridized carbons (Fsp3) is 0.294. The summed E-state index contributed by atoms with van der Waals surface area (Å²) in [6.45, 7) is 1.84. The van der Waals surface area contributed by atoms with Crippen LogP contribution in [0.15, 0.2) is 35.6 Å². The normalized spacial score (nSPS) is 14.1. The van der Waals surface area contributed by atoms with E-state index in [1.54, 1.807) is 12.3 Å². The van der Waals surface area contributed by atoms with Gasteiger partial charge < -0.3 is 14.5 Å². The van der Waals surface area contributed by atoms with E-state index in [1.165, 1.54) is 25.3 Å². The highest BCUT2D eigenvalue weighted by Gasteiger charge is 2.42. The van der Waals surface area contributed by atoms with Gasteiger partial charge in [0.15, 0.2) is 5.16 Å². The lowest BCUT2D eigenvalue weighted by molar-refractivity contribution is -0.198. The molecular formula is C17H15ClF3N3O3S. The highest BCUT2D eigenvalue weighted by Crippen LogP contribution is 2.30. The maximum absolute atomic E-state index is 13.3. The third kappa shape index (κ3) is 4.39. The van der Waals surface area contributed by atoms with Gasteiger partial charge in [0.2, 0.25) is 0 Å². The average Bonchev–Trinajstić information content (AvgIpc) is 3.06. The number of fused-ring (bicyclic) bond motifs is 1. The average molecular weight is 434 g/mol. The summed E-state index contributed by atoms with van der Waals surface area (Å²) in [7, 11) is -0.0430. The number of nitrogens with one attached hydrogen (secondary N) is 1. The highest BCUT2D eigenvalue weighted by molar-refractivity contribution is 7.84. The molecule has 1 N–H and O–H groups in total. The maximum Gasteiger partial charge on any atom is 0.444 e. The van der Waals surface area contributed by atoms with Crippen LogP contribution in [0, 0.1) is 6.92 Å². The van der Waals surface area contributed by atoms with Gasteiger partial charge >= 0.3 is 6.11 Å². The number of hydrogen-bond donors (Lipinski definition) is 1. The number of benzene rings is 1. The predicted molar refractivity (Wildman–Crippen MR) is 98.1 cm³/mol. The number of methoxy groups -OCH3 is 1. The molecule has 2 unspecified atom stereocenters. The molecule has 0 fully saturated rings. The number of aromatic amines is 1. The molecule has 2 atom stereocenters. The monoisotopic (exact) mass is 433 g/mol. The summed E-state index contributed by atoms with van der Waals surface area (Å²) >= 11 is 4.77. The van der Waals surface area contributed by atoms with Gasteiger partial charge in [0.05, 0.1) is 40.4 Å². The fourth-order valence-electron chi connectivity index (χ4n) is 2.39. The van der Waals surface area contributed by atoms with Crippen LogP contribution < -0.4 is 9.47 Å². The Bertz CT molecular complexity index is 1030. The van der Waals surface area contributed by atoms with Crippen LogP contribution in [0.5, 0.6) is 11.5 Å². The van der Waals surface area contributed by atoms with E-state index in [4.69, 9.17) is 16.3 Å². The molecule has 150 valence electrons. The molecule has 0 amide bonds. The van der Waals surface area contributed by atoms with Gasteiger partial charge in [-0.1, -0.05) is 11.6 Å². The van der Waals surface area contributed by atoms with Gasteiger partial charge in [-0.3, -0.25) is 9.19 Å². The van der Waals surface area contributed by atoms with Crippen LogP contribution in [-0.2, 0) is 16.6 Å². The van der Waals surface area contributed by atoms with Gasteiger partial charge in [-0.15, -0.1) is 0 Å². The molecule has 2 aromatic heterocycles. The molecule has 2 heterocycles. The number of pyridine rings is 1. The zero-order valence-corrected chi connectivity index (χ0v) is 16.3. The molecule has 11 heteroatoms. The van der Waals surface area contributed by atoms with Crippen LogP contribution in [0.1, 0.15) is 11.3 Å². The number of imidazole rings is 1. The SMILES string of the molecule is COc1cc(CS(=O)c2nc3ccc(OC(F)(F)C(F)Cl)cc3[nH]2)ncc1C. The van der Waals surface area contributed by atoms with Crippen LogP contribution in [-0.4, -0.2) is 38.0 Å². The summed E-state index contributed by atoms with van der Waals surface area (Å²) in [5.41, 5.74) is -0.919. The van der Waals surface area contributed by atoms with Crippen molar-refractivity contribution < 1.29 is 26.9 Å². The van der Waals surface area contributed by atoms with Crippen molar-refractivity contribution in [3.8, 4) is 11.5 Å². The first kappa shape index (κ1) is 20.4. The Kier molecular flexibility index (Phi) is 5.80. The minimum absolute atomic E-state index is 0.0771. The Morgan fingerprint density at radius 1 is 1.36 bits per heavy atom. The van der Waals surface area contributed by atoms with Crippen LogP contribution >= 0.6 is 11.6 Å². The number of rotatable bonds is 7. The number of hydrogen-bond acceptors (Lipinski definition) is 5. The van der Waals surface area contributed by atoms with Crippen molar-refractivity contribution in [2.75, 3.05) is 7.11 Å². The number of nitrogens with zero attached hydrogens (tertiary/aromatic N) is 2. The van der Waals surface area contributed by atoms with Crippen molar-refractivity contribution in [2.45, 2.75) is 29.6 Å². The predicted octanol–water partition coefficient (Wildman–Crippen LogP) is 4.09. The Morgan fingerprint density at radius 3 is 2.79 bits per heavy atom. The summed E-state index contributed by atoms with van der Waals surface area (Å²) in [5.74, 6) is 0.389. The molecule has 0 saturated carbocycles. The molecule has 0 bridgehead atoms. The largest absolute Gasteiger partial charge is 0.496 e. The van der Waals surface area contributed by atoms with E-state index < -0.39 is 22.5 Å². The van der Waals surface area contributed by atoms with Crippen LogP contribution in [0.3, 0.4) is 0 Å². The quantitative estimate of drug-likeness (QED) is 0.568. The van der Waals surface area contributed by atoms with Gasteiger partial charge in [0.25, 0.3) is 5.63 Å². The second-order valence-electron chi connectivity index (χ2n) is 5.82. The number of aryl methyl sites for hydroxylation is 1. The number of ether oxygens (including phenoxy) is 2. The fourth-order valence-corrected chi connectivity index (χ4v) is 3.42. The topological polar surface area (TPSA) is 77.1 Å². The first-order chi connectivity index (χ1) is 13.2. The third-order valence-corrected chi connectivity index (χ3v) is 5.20. The van der Waals surface area contributed by atoms with Gasteiger partial charge in [-0.2, -0.15) is 8.78 Å². The zero-order valence-electron chi connectivity index (χ0n) is 14.7. The minimum atomic E-state index is -4.18. The molecular weight excluding hydrogens is 419 g/mol. The van der Waals surface area contributed by atoms with E-state index in [-0.39, 0.29) is 16.7 Å². The molecule has 6 nitrogen and oxygen atoms in total. The van der Waals surface area contributed by atoms with E-state index >= 15 is 0 Å². The van der Waals surface area contributed by atoms with Crippen molar-refractivity contribution >= 4 is 33.4 Å². The number of alkyl halides is 4. The van der Waals surface area contributed by atoms with Crippen molar-refractivity contribution in [3.05, 3.63) is 41.7 Å². The first-order valence-electron chi connectivity index (χ1n) is 7.92. The van der Waals surface area contributed by atoms with E-state index in [0.717, 1.165) is 5.56 Å². The van der Waals surface area contributed by atoms with Crippen molar-refractivity contribution in [2.24, 2.45) is 0 Å². The molecule has 0 saturated heterocycles. The summed E-state index contributed by atoms with van der Waals surface area (Å²) in [4.78, 5) is 11.2. The lowest BCUT2D eigenvalue weighted by atomic mass is 10.2. The van der Waals surface area contributed by atoms with E-state index in [1.807, 2.05) is 6.92 Å². The number of halogens is 4. The molecule has 1 aromatic carbocycles. The van der Waals surface area contributed by atoms with Crippen molar-refractivity contribution in [1.82, 2.24) is 15.0 Å². The van der Waals surface area contributed by atoms with Crippen molar-refractivity contribution in [1.29, 1.82) is 0 Å². The Morgan fingerprint density at radius 2 is 2.11 bits per heavy atom. The van der Waals surface area contributed by atoms with Crippen LogP contribution in [0.25, 0.3) is 11.0 Å². The minimum Gasteiger partial charge on any atom is -0.496 e. The Balaban J connectivity index is 1.81. The molecule has 0 aliphatic rings. The number of aromatic nitrogens is 3. The number of H-pyrrole nitrogens is 1. The second kappa shape index (κ2) is 7.96. The molecule has 3 rings (SSSR count). The van der Waals surface area contributed by atoms with Gasteiger partial charge in [-0.05, 0) is 19.1 Å². The Labute approximate surface area is 165 Å². The lowest BCUT2D eigenvalue weighted by Gasteiger charge is -2.17. The standard InChI is InChI=1S/C17H15ClF3N3O3S/c1-9-7-22-10(5-14(9)26-2)8-28(25)16-23-12-4-3-11(6-13(12)24-16)27-17(20,21)15(18)19/h3-7,15H,8H2,1-2H3,(H,23,24). The van der Waals surface area contributed by atoms with Gasteiger partial charge in [0.1, 0.15) is 11.5 Å². The van der Waals surface area contributed by atoms with Gasteiger partial charge in [0, 0.05) is 23.9 Å². The molecule has 0 aliphatic heterocycles. The van der Waals surface area contributed by atoms with Crippen LogP contribution in [0.4, 0.5) is 13.2 Å². The molecule has 0 radical (unpaired) electrons. The zero-order chi connectivity index (χ0) is 20.5. The van der Waals surface area contributed by atoms with E-state index in [9.17, 15) is 17.4 Å². The lowest BCUT2D eigenvalue weighted by Crippen LogP contribution is -2.32. The summed E-state index contributed by atoms with van der Waals surface area (Å²) < 4.78 is 61.3. The smallest absolute Gasteiger partial charge is 0.444 e. The molecule has 28 heavy (non-hydrogen) atoms. The van der Waals surface area contributed by atoms with Crippen LogP contribution in [0.2, 0.25) is 0 Å².